The largest absolute Gasteiger partial charge is 0.496 e. The first-order chi connectivity index (χ1) is 13.1. The molecule has 0 spiro atoms. The molecule has 8 heteroatoms. The Kier molecular flexibility index (Phi) is 6.56. The Morgan fingerprint density at radius 2 is 1.79 bits per heavy atom. The summed E-state index contributed by atoms with van der Waals surface area (Å²) in [7, 11) is 2.53. The second-order valence-corrected chi connectivity index (χ2v) is 6.51. The summed E-state index contributed by atoms with van der Waals surface area (Å²) < 4.78 is 49.3. The molecule has 28 heavy (non-hydrogen) atoms. The number of rotatable bonds is 5. The first-order valence-electron chi connectivity index (χ1n) is 8.51. The van der Waals surface area contributed by atoms with Gasteiger partial charge in [0.05, 0.1) is 26.3 Å². The second kappa shape index (κ2) is 8.52. The van der Waals surface area contributed by atoms with E-state index in [-0.39, 0.29) is 16.5 Å². The lowest BCUT2D eigenvalue weighted by Crippen LogP contribution is -2.27. The number of methoxy groups -OCH3 is 2. The van der Waals surface area contributed by atoms with Crippen LogP contribution in [-0.4, -0.2) is 30.6 Å². The summed E-state index contributed by atoms with van der Waals surface area (Å²) in [4.78, 5) is 11.5. The van der Waals surface area contributed by atoms with Crippen LogP contribution in [0.4, 0.5) is 18.0 Å². The fourth-order valence-electron chi connectivity index (χ4n) is 2.79. The first-order valence-corrected chi connectivity index (χ1v) is 8.51. The van der Waals surface area contributed by atoms with Crippen LogP contribution in [-0.2, 0) is 17.5 Å². The lowest BCUT2D eigenvalue weighted by molar-refractivity contribution is -0.137. The van der Waals surface area contributed by atoms with E-state index in [4.69, 9.17) is 4.74 Å². The summed E-state index contributed by atoms with van der Waals surface area (Å²) in [5.74, 6) is 0.653. The Morgan fingerprint density at radius 1 is 1.11 bits per heavy atom. The molecule has 0 aliphatic carbocycles. The van der Waals surface area contributed by atoms with E-state index in [1.807, 2.05) is 26.0 Å². The van der Waals surface area contributed by atoms with Crippen LogP contribution in [0.25, 0.3) is 11.1 Å². The van der Waals surface area contributed by atoms with E-state index in [9.17, 15) is 23.2 Å². The van der Waals surface area contributed by atoms with Crippen molar-refractivity contribution in [2.24, 2.45) is 0 Å². The number of carbonyl (C=O) groups excluding carboxylic acids is 1. The first kappa shape index (κ1) is 21.6. The number of carbonyl (C=O) groups is 1. The van der Waals surface area contributed by atoms with Crippen LogP contribution >= 0.6 is 0 Å². The van der Waals surface area contributed by atoms with Gasteiger partial charge >= 0.3 is 12.3 Å². The van der Waals surface area contributed by atoms with Crippen molar-refractivity contribution < 1.29 is 32.6 Å². The van der Waals surface area contributed by atoms with Crippen LogP contribution in [0.3, 0.4) is 0 Å². The maximum absolute atomic E-state index is 13.2. The lowest BCUT2D eigenvalue weighted by Gasteiger charge is -2.20. The van der Waals surface area contributed by atoms with Crippen LogP contribution in [0.5, 0.6) is 5.75 Å². The minimum atomic E-state index is -4.57. The summed E-state index contributed by atoms with van der Waals surface area (Å²) in [5.41, 5.74) is 1.16. The molecule has 0 aromatic heterocycles. The Hall–Kier alpha value is -2.74. The minimum absolute atomic E-state index is 0.0990. The molecule has 0 unspecified atom stereocenters. The molecule has 0 aliphatic rings. The van der Waals surface area contributed by atoms with Crippen LogP contribution in [0.2, 0.25) is 0 Å². The molecule has 0 bridgehead atoms. The highest BCUT2D eigenvalue weighted by Gasteiger charge is 2.31. The van der Waals surface area contributed by atoms with Gasteiger partial charge in [-0.2, -0.15) is 18.2 Å². The molecular formula is C20H22F3NO4. The van der Waals surface area contributed by atoms with Crippen molar-refractivity contribution in [3.63, 3.8) is 0 Å². The molecule has 0 aliphatic heterocycles. The summed E-state index contributed by atoms with van der Waals surface area (Å²) in [6.07, 6.45) is -5.64. The third kappa shape index (κ3) is 4.75. The maximum Gasteiger partial charge on any atom is 0.433 e. The number of hydroxylamine groups is 2. The van der Waals surface area contributed by atoms with Gasteiger partial charge in [-0.05, 0) is 46.9 Å². The van der Waals surface area contributed by atoms with Gasteiger partial charge in [-0.1, -0.05) is 26.0 Å². The van der Waals surface area contributed by atoms with E-state index >= 15 is 0 Å². The summed E-state index contributed by atoms with van der Waals surface area (Å²) in [6.45, 7) is 3.50. The summed E-state index contributed by atoms with van der Waals surface area (Å²) >= 11 is 0. The molecule has 1 N–H and O–H groups in total. The van der Waals surface area contributed by atoms with Gasteiger partial charge in [0, 0.05) is 5.56 Å². The molecule has 0 atom stereocenters. The average molecular weight is 397 g/mol. The molecule has 0 saturated carbocycles. The summed E-state index contributed by atoms with van der Waals surface area (Å²) in [6, 6.07) is 8.62. The van der Waals surface area contributed by atoms with Crippen molar-refractivity contribution in [1.82, 2.24) is 5.06 Å². The predicted octanol–water partition coefficient (Wildman–Crippen LogP) is 5.46. The van der Waals surface area contributed by atoms with Crippen molar-refractivity contribution in [3.8, 4) is 16.9 Å². The molecule has 5 nitrogen and oxygen atoms in total. The average Bonchev–Trinajstić information content (AvgIpc) is 2.65. The van der Waals surface area contributed by atoms with Crippen molar-refractivity contribution >= 4 is 6.09 Å². The molecule has 2 aromatic rings. The molecule has 0 fully saturated rings. The highest BCUT2D eigenvalue weighted by molar-refractivity contribution is 5.75. The number of ether oxygens (including phenoxy) is 2. The van der Waals surface area contributed by atoms with Crippen molar-refractivity contribution in [2.75, 3.05) is 14.2 Å². The highest BCUT2D eigenvalue weighted by atomic mass is 19.4. The predicted molar refractivity (Wildman–Crippen MR) is 97.3 cm³/mol. The van der Waals surface area contributed by atoms with Gasteiger partial charge < -0.3 is 9.47 Å². The third-order valence-corrected chi connectivity index (χ3v) is 4.32. The van der Waals surface area contributed by atoms with E-state index in [0.29, 0.717) is 16.9 Å². The Bertz CT molecular complexity index is 850. The van der Waals surface area contributed by atoms with E-state index < -0.39 is 24.4 Å². The molecule has 0 saturated heterocycles. The number of nitrogens with zero attached hydrogens (tertiary/aromatic N) is 1. The molecule has 1 amide bonds. The third-order valence-electron chi connectivity index (χ3n) is 4.32. The zero-order valence-corrected chi connectivity index (χ0v) is 16.0. The molecule has 2 rings (SSSR count). The monoisotopic (exact) mass is 397 g/mol. The normalized spacial score (nSPS) is 11.5. The van der Waals surface area contributed by atoms with E-state index in [1.54, 1.807) is 6.07 Å². The Balaban J connectivity index is 2.66. The van der Waals surface area contributed by atoms with Crippen molar-refractivity contribution in [1.29, 1.82) is 0 Å². The lowest BCUT2D eigenvalue weighted by atomic mass is 9.92. The van der Waals surface area contributed by atoms with E-state index in [1.165, 1.54) is 13.2 Å². The number of halogens is 3. The smallest absolute Gasteiger partial charge is 0.433 e. The van der Waals surface area contributed by atoms with Crippen LogP contribution in [0.1, 0.15) is 36.5 Å². The van der Waals surface area contributed by atoms with Gasteiger partial charge in [0.25, 0.3) is 0 Å². The maximum atomic E-state index is 13.2. The zero-order chi connectivity index (χ0) is 21.1. The van der Waals surface area contributed by atoms with Crippen LogP contribution in [0.15, 0.2) is 36.4 Å². The van der Waals surface area contributed by atoms with Gasteiger partial charge in [-0.3, -0.25) is 5.21 Å². The van der Waals surface area contributed by atoms with E-state index in [0.717, 1.165) is 24.8 Å². The number of amides is 1. The van der Waals surface area contributed by atoms with Gasteiger partial charge in [-0.25, -0.2) is 4.79 Å². The minimum Gasteiger partial charge on any atom is -0.496 e. The number of hydrogen-bond acceptors (Lipinski definition) is 4. The SMILES string of the molecule is COC(=O)N(O)Cc1cc(C(F)(F)F)ccc1-c1cc(C(C)C)ccc1OC. The van der Waals surface area contributed by atoms with Gasteiger partial charge in [0.1, 0.15) is 5.75 Å². The Morgan fingerprint density at radius 3 is 2.32 bits per heavy atom. The Labute approximate surface area is 161 Å². The highest BCUT2D eigenvalue weighted by Crippen LogP contribution is 2.38. The van der Waals surface area contributed by atoms with Gasteiger partial charge in [-0.15, -0.1) is 0 Å². The fraction of sp³-hybridized carbons (Fsp3) is 0.350. The topological polar surface area (TPSA) is 59.0 Å². The van der Waals surface area contributed by atoms with Gasteiger partial charge in [0.15, 0.2) is 0 Å². The molecule has 0 heterocycles. The van der Waals surface area contributed by atoms with Crippen LogP contribution < -0.4 is 4.74 Å². The van der Waals surface area contributed by atoms with Gasteiger partial charge in [0.2, 0.25) is 0 Å². The quantitative estimate of drug-likeness (QED) is 0.538. The van der Waals surface area contributed by atoms with Crippen LogP contribution in [0, 0.1) is 0 Å². The van der Waals surface area contributed by atoms with Crippen molar-refractivity contribution in [2.45, 2.75) is 32.5 Å². The molecule has 152 valence electrons. The van der Waals surface area contributed by atoms with E-state index in [2.05, 4.69) is 4.74 Å². The standard InChI is InChI=1S/C20H22F3NO4/c1-12(2)13-5-8-18(27-3)17(10-13)16-7-6-15(20(21,22)23)9-14(16)11-24(26)19(25)28-4/h5-10,12,26H,11H2,1-4H3. The molecule has 0 radical (unpaired) electrons. The molecular weight excluding hydrogens is 375 g/mol. The zero-order valence-electron chi connectivity index (χ0n) is 16.0. The fourth-order valence-corrected chi connectivity index (χ4v) is 2.79. The molecule has 2 aromatic carbocycles. The number of alkyl halides is 3. The second-order valence-electron chi connectivity index (χ2n) is 6.51. The number of benzene rings is 2. The summed E-state index contributed by atoms with van der Waals surface area (Å²) in [5, 5.41) is 10.1. The van der Waals surface area contributed by atoms with Crippen molar-refractivity contribution in [3.05, 3.63) is 53.1 Å². The number of hydrogen-bond donors (Lipinski definition) is 1.